The van der Waals surface area contributed by atoms with Gasteiger partial charge in [-0.2, -0.15) is 18.3 Å². The van der Waals surface area contributed by atoms with Crippen LogP contribution in [0, 0.1) is 10.5 Å². The highest BCUT2D eigenvalue weighted by Crippen LogP contribution is 2.34. The Hall–Kier alpha value is -1.47. The van der Waals surface area contributed by atoms with Gasteiger partial charge in [0.25, 0.3) is 0 Å². The maximum atomic E-state index is 13.2. The van der Waals surface area contributed by atoms with Crippen molar-refractivity contribution in [2.75, 3.05) is 0 Å². The van der Waals surface area contributed by atoms with E-state index in [0.717, 1.165) is 6.07 Å². The molecule has 1 N–H and O–H groups in total. The molecule has 0 bridgehead atoms. The molecule has 0 atom stereocenters. The van der Waals surface area contributed by atoms with Crippen LogP contribution in [0.25, 0.3) is 11.1 Å². The summed E-state index contributed by atoms with van der Waals surface area (Å²) in [5.74, 6) is -1.34. The molecule has 0 aliphatic rings. The first-order valence-electron chi connectivity index (χ1n) is 4.91. The van der Waals surface area contributed by atoms with E-state index in [2.05, 4.69) is 10.2 Å². The lowest BCUT2D eigenvalue weighted by Gasteiger charge is -2.10. The summed E-state index contributed by atoms with van der Waals surface area (Å²) in [5.41, 5.74) is -0.993. The second-order valence-electron chi connectivity index (χ2n) is 3.63. The van der Waals surface area contributed by atoms with Crippen molar-refractivity contribution in [1.29, 1.82) is 0 Å². The Morgan fingerprint density at radius 1 is 1.21 bits per heavy atom. The SMILES string of the molecule is Fc1ccc(-c2cc(Cl)n[nH]c2=S)cc1C(F)(F)F. The van der Waals surface area contributed by atoms with E-state index in [9.17, 15) is 17.6 Å². The Morgan fingerprint density at radius 3 is 2.53 bits per heavy atom. The summed E-state index contributed by atoms with van der Waals surface area (Å²) in [6, 6.07) is 3.93. The van der Waals surface area contributed by atoms with Crippen molar-refractivity contribution in [2.45, 2.75) is 6.18 Å². The molecule has 2 rings (SSSR count). The summed E-state index contributed by atoms with van der Waals surface area (Å²) >= 11 is 10.6. The molecular weight excluding hydrogens is 304 g/mol. The van der Waals surface area contributed by atoms with Crippen molar-refractivity contribution < 1.29 is 17.6 Å². The van der Waals surface area contributed by atoms with Gasteiger partial charge in [0.05, 0.1) is 5.56 Å². The van der Waals surface area contributed by atoms with Crippen LogP contribution in [0.4, 0.5) is 17.6 Å². The minimum Gasteiger partial charge on any atom is -0.266 e. The zero-order chi connectivity index (χ0) is 14.2. The van der Waals surface area contributed by atoms with Gasteiger partial charge in [0, 0.05) is 5.56 Å². The number of hydrogen-bond acceptors (Lipinski definition) is 2. The number of benzene rings is 1. The molecule has 19 heavy (non-hydrogen) atoms. The Morgan fingerprint density at radius 2 is 1.89 bits per heavy atom. The largest absolute Gasteiger partial charge is 0.419 e. The number of rotatable bonds is 1. The molecular formula is C11H5ClF4N2S. The van der Waals surface area contributed by atoms with Gasteiger partial charge in [-0.3, -0.25) is 5.10 Å². The third-order valence-electron chi connectivity index (χ3n) is 2.36. The summed E-state index contributed by atoms with van der Waals surface area (Å²) in [4.78, 5) is 0. The van der Waals surface area contributed by atoms with E-state index in [1.165, 1.54) is 12.1 Å². The fraction of sp³-hybridized carbons (Fsp3) is 0.0909. The quantitative estimate of drug-likeness (QED) is 0.615. The van der Waals surface area contributed by atoms with E-state index in [4.69, 9.17) is 23.8 Å². The normalized spacial score (nSPS) is 11.6. The smallest absolute Gasteiger partial charge is 0.266 e. The standard InChI is InChI=1S/C11H5ClF4N2S/c12-9-4-6(10(19)18-17-9)5-1-2-8(13)7(3-5)11(14,15)16/h1-4H,(H,18,19). The highest BCUT2D eigenvalue weighted by atomic mass is 35.5. The van der Waals surface area contributed by atoms with Crippen molar-refractivity contribution in [3.05, 3.63) is 45.4 Å². The third-order valence-corrected chi connectivity index (χ3v) is 2.86. The molecule has 0 unspecified atom stereocenters. The first-order chi connectivity index (χ1) is 8.79. The van der Waals surface area contributed by atoms with Crippen LogP contribution in [-0.2, 0) is 6.18 Å². The summed E-state index contributed by atoms with van der Waals surface area (Å²) in [5, 5.41) is 6.03. The van der Waals surface area contributed by atoms with Crippen LogP contribution in [0.1, 0.15) is 5.56 Å². The van der Waals surface area contributed by atoms with Gasteiger partial charge in [-0.15, -0.1) is 0 Å². The summed E-state index contributed by atoms with van der Waals surface area (Å²) < 4.78 is 51.1. The maximum Gasteiger partial charge on any atom is 0.419 e. The van der Waals surface area contributed by atoms with E-state index in [1.807, 2.05) is 0 Å². The van der Waals surface area contributed by atoms with Crippen LogP contribution in [-0.4, -0.2) is 10.2 Å². The van der Waals surface area contributed by atoms with E-state index in [0.29, 0.717) is 6.07 Å². The van der Waals surface area contributed by atoms with Crippen LogP contribution in [0.5, 0.6) is 0 Å². The molecule has 0 amide bonds. The monoisotopic (exact) mass is 308 g/mol. The maximum absolute atomic E-state index is 13.2. The van der Waals surface area contributed by atoms with Crippen molar-refractivity contribution in [3.8, 4) is 11.1 Å². The molecule has 0 fully saturated rings. The van der Waals surface area contributed by atoms with Crippen LogP contribution < -0.4 is 0 Å². The van der Waals surface area contributed by atoms with Gasteiger partial charge in [0.15, 0.2) is 0 Å². The average Bonchev–Trinajstić information content (AvgIpc) is 2.31. The molecule has 0 saturated carbocycles. The molecule has 2 aromatic rings. The van der Waals surface area contributed by atoms with Crippen molar-refractivity contribution in [3.63, 3.8) is 0 Å². The molecule has 1 heterocycles. The number of halogens is 5. The lowest BCUT2D eigenvalue weighted by molar-refractivity contribution is -0.139. The molecule has 0 spiro atoms. The predicted octanol–water partition coefficient (Wildman–Crippen LogP) is 4.62. The Bertz CT molecular complexity index is 681. The van der Waals surface area contributed by atoms with Gasteiger partial charge in [-0.25, -0.2) is 4.39 Å². The average molecular weight is 309 g/mol. The van der Waals surface area contributed by atoms with Crippen LogP contribution in [0.3, 0.4) is 0 Å². The number of nitrogens with one attached hydrogen (secondary N) is 1. The molecule has 1 aromatic heterocycles. The van der Waals surface area contributed by atoms with Crippen molar-refractivity contribution in [2.24, 2.45) is 0 Å². The van der Waals surface area contributed by atoms with Gasteiger partial charge in [-0.1, -0.05) is 29.9 Å². The molecule has 8 heteroatoms. The molecule has 0 aliphatic carbocycles. The minimum absolute atomic E-state index is 0.0430. The summed E-state index contributed by atoms with van der Waals surface area (Å²) in [7, 11) is 0. The summed E-state index contributed by atoms with van der Waals surface area (Å²) in [6.45, 7) is 0. The number of aromatic amines is 1. The Labute approximate surface area is 115 Å². The van der Waals surface area contributed by atoms with Crippen LogP contribution in [0.15, 0.2) is 24.3 Å². The first kappa shape index (κ1) is 14.0. The minimum atomic E-state index is -4.78. The number of alkyl halides is 3. The number of aromatic nitrogens is 2. The fourth-order valence-electron chi connectivity index (χ4n) is 1.51. The van der Waals surface area contributed by atoms with Crippen molar-refractivity contribution >= 4 is 23.8 Å². The fourth-order valence-corrected chi connectivity index (χ4v) is 1.88. The van der Waals surface area contributed by atoms with Gasteiger partial charge < -0.3 is 0 Å². The predicted molar refractivity (Wildman–Crippen MR) is 64.8 cm³/mol. The number of nitrogens with zero attached hydrogens (tertiary/aromatic N) is 1. The van der Waals surface area contributed by atoms with E-state index in [-0.39, 0.29) is 20.9 Å². The highest BCUT2D eigenvalue weighted by Gasteiger charge is 2.34. The highest BCUT2D eigenvalue weighted by molar-refractivity contribution is 7.71. The van der Waals surface area contributed by atoms with Crippen molar-refractivity contribution in [1.82, 2.24) is 10.2 Å². The Kier molecular flexibility index (Phi) is 3.60. The molecule has 1 aromatic carbocycles. The van der Waals surface area contributed by atoms with Crippen LogP contribution >= 0.6 is 23.8 Å². The topological polar surface area (TPSA) is 28.7 Å². The zero-order valence-corrected chi connectivity index (χ0v) is 10.6. The van der Waals surface area contributed by atoms with Crippen LogP contribution in [0.2, 0.25) is 5.15 Å². The Balaban J connectivity index is 2.65. The molecule has 0 saturated heterocycles. The molecule has 0 radical (unpaired) electrons. The lowest BCUT2D eigenvalue weighted by atomic mass is 10.0. The first-order valence-corrected chi connectivity index (χ1v) is 5.70. The lowest BCUT2D eigenvalue weighted by Crippen LogP contribution is -2.08. The second-order valence-corrected chi connectivity index (χ2v) is 4.42. The van der Waals surface area contributed by atoms with Gasteiger partial charge in [0.1, 0.15) is 15.6 Å². The van der Waals surface area contributed by atoms with E-state index >= 15 is 0 Å². The molecule has 0 aliphatic heterocycles. The van der Waals surface area contributed by atoms with Gasteiger partial charge in [0.2, 0.25) is 0 Å². The zero-order valence-electron chi connectivity index (χ0n) is 9.05. The molecule has 2 nitrogen and oxygen atoms in total. The third kappa shape index (κ3) is 2.93. The molecule has 100 valence electrons. The van der Waals surface area contributed by atoms with E-state index < -0.39 is 17.6 Å². The van der Waals surface area contributed by atoms with Gasteiger partial charge in [-0.05, 0) is 23.8 Å². The number of H-pyrrole nitrogens is 1. The van der Waals surface area contributed by atoms with E-state index in [1.54, 1.807) is 0 Å². The number of hydrogen-bond donors (Lipinski definition) is 1. The second kappa shape index (κ2) is 4.90. The van der Waals surface area contributed by atoms with Gasteiger partial charge >= 0.3 is 6.18 Å². The summed E-state index contributed by atoms with van der Waals surface area (Å²) in [6.07, 6.45) is -4.78.